The van der Waals surface area contributed by atoms with E-state index >= 15 is 0 Å². The molecule has 0 aliphatic rings. The average molecular weight is 376 g/mol. The Morgan fingerprint density at radius 3 is 1.39 bits per heavy atom. The number of nitrogens with two attached hydrogens (primary N) is 4. The lowest BCUT2D eigenvalue weighted by molar-refractivity contribution is 0.0999. The topological polar surface area (TPSA) is 138 Å². The maximum Gasteiger partial charge on any atom is 0.248 e. The molecule has 6 nitrogen and oxygen atoms in total. The Kier molecular flexibility index (Phi) is 7.03. The zero-order chi connectivity index (χ0) is 20.6. The van der Waals surface area contributed by atoms with Crippen molar-refractivity contribution in [2.75, 3.05) is 6.54 Å². The molecule has 3 aromatic rings. The van der Waals surface area contributed by atoms with E-state index in [1.807, 2.05) is 60.7 Å². The number of carbonyl (C=O) groups excluding carboxylic acids is 2. The molecule has 0 saturated heterocycles. The summed E-state index contributed by atoms with van der Waals surface area (Å²) >= 11 is 0. The third-order valence-electron chi connectivity index (χ3n) is 4.33. The first kappa shape index (κ1) is 20.8. The van der Waals surface area contributed by atoms with E-state index in [0.717, 1.165) is 11.1 Å². The van der Waals surface area contributed by atoms with Gasteiger partial charge < -0.3 is 22.9 Å². The first-order chi connectivity index (χ1) is 13.4. The maximum absolute atomic E-state index is 10.6. The van der Waals surface area contributed by atoms with Crippen LogP contribution in [0.2, 0.25) is 0 Å². The Morgan fingerprint density at radius 1 is 0.679 bits per heavy atom. The van der Waals surface area contributed by atoms with Gasteiger partial charge in [-0.15, -0.1) is 0 Å². The van der Waals surface area contributed by atoms with E-state index in [2.05, 4.69) is 0 Å². The molecule has 0 radical (unpaired) electrons. The van der Waals surface area contributed by atoms with Crippen molar-refractivity contribution in [2.45, 2.75) is 5.54 Å². The number of amides is 2. The number of hydrogen-bond donors (Lipinski definition) is 4. The fraction of sp³-hybridized carbons (Fsp3) is 0.0909. The second-order valence-electron chi connectivity index (χ2n) is 6.22. The molecule has 28 heavy (non-hydrogen) atoms. The van der Waals surface area contributed by atoms with E-state index in [1.165, 1.54) is 18.2 Å². The van der Waals surface area contributed by atoms with Gasteiger partial charge in [0, 0.05) is 17.7 Å². The van der Waals surface area contributed by atoms with Crippen LogP contribution in [-0.2, 0) is 5.54 Å². The van der Waals surface area contributed by atoms with Crippen molar-refractivity contribution in [3.05, 3.63) is 107 Å². The van der Waals surface area contributed by atoms with Crippen LogP contribution >= 0.6 is 0 Å². The summed E-state index contributed by atoms with van der Waals surface area (Å²) in [6.45, 7) is 0.390. The minimum Gasteiger partial charge on any atom is -0.366 e. The van der Waals surface area contributed by atoms with Crippen molar-refractivity contribution in [1.29, 1.82) is 0 Å². The van der Waals surface area contributed by atoms with Gasteiger partial charge >= 0.3 is 0 Å². The summed E-state index contributed by atoms with van der Waals surface area (Å²) in [4.78, 5) is 21.3. The smallest absolute Gasteiger partial charge is 0.248 e. The van der Waals surface area contributed by atoms with Gasteiger partial charge in [-0.25, -0.2) is 0 Å². The largest absolute Gasteiger partial charge is 0.366 e. The highest BCUT2D eigenvalue weighted by Crippen LogP contribution is 2.25. The quantitative estimate of drug-likeness (QED) is 0.538. The van der Waals surface area contributed by atoms with Crippen LogP contribution < -0.4 is 22.9 Å². The SMILES string of the molecule is NC(=O)c1cccc(C(N)=O)c1.NCC(N)(c1ccccc1)c1ccccc1. The van der Waals surface area contributed by atoms with Crippen molar-refractivity contribution >= 4 is 11.8 Å². The van der Waals surface area contributed by atoms with Crippen molar-refractivity contribution in [1.82, 2.24) is 0 Å². The van der Waals surface area contributed by atoms with Crippen LogP contribution in [0.1, 0.15) is 31.8 Å². The first-order valence-corrected chi connectivity index (χ1v) is 8.68. The highest BCUT2D eigenvalue weighted by atomic mass is 16.1. The standard InChI is InChI=1S/C14H16N2.C8H8N2O2/c15-11-14(16,12-7-3-1-4-8-12)13-9-5-2-6-10-13;9-7(11)5-2-1-3-6(4-5)8(10)12/h1-10H,11,15-16H2;1-4H,(H2,9,11)(H2,10,12). The predicted molar refractivity (Wildman–Crippen MR) is 110 cm³/mol. The number of hydrogen-bond acceptors (Lipinski definition) is 4. The molecule has 144 valence electrons. The molecule has 8 N–H and O–H groups in total. The van der Waals surface area contributed by atoms with Gasteiger partial charge in [-0.2, -0.15) is 0 Å². The predicted octanol–water partition coefficient (Wildman–Crippen LogP) is 1.73. The van der Waals surface area contributed by atoms with Crippen molar-refractivity contribution < 1.29 is 9.59 Å². The Morgan fingerprint density at radius 2 is 1.07 bits per heavy atom. The van der Waals surface area contributed by atoms with Crippen LogP contribution in [0.5, 0.6) is 0 Å². The third-order valence-corrected chi connectivity index (χ3v) is 4.33. The fourth-order valence-electron chi connectivity index (χ4n) is 2.70. The summed E-state index contributed by atoms with van der Waals surface area (Å²) in [5.74, 6) is -1.14. The highest BCUT2D eigenvalue weighted by molar-refractivity contribution is 5.98. The molecule has 0 unspecified atom stereocenters. The molecule has 0 aliphatic carbocycles. The number of primary amides is 2. The lowest BCUT2D eigenvalue weighted by Gasteiger charge is -2.29. The van der Waals surface area contributed by atoms with Crippen molar-refractivity contribution in [3.8, 4) is 0 Å². The molecule has 3 rings (SSSR count). The van der Waals surface area contributed by atoms with Crippen LogP contribution in [0, 0.1) is 0 Å². The summed E-state index contributed by atoms with van der Waals surface area (Å²) in [7, 11) is 0. The Bertz CT molecular complexity index is 859. The van der Waals surface area contributed by atoms with Gasteiger partial charge in [-0.1, -0.05) is 66.7 Å². The molecular weight excluding hydrogens is 352 g/mol. The minimum atomic E-state index is -0.595. The van der Waals surface area contributed by atoms with Gasteiger partial charge in [-0.05, 0) is 29.3 Å². The fourth-order valence-corrected chi connectivity index (χ4v) is 2.70. The molecule has 6 heteroatoms. The molecule has 0 heterocycles. The Labute approximate surface area is 164 Å². The van der Waals surface area contributed by atoms with Crippen LogP contribution in [0.25, 0.3) is 0 Å². The lowest BCUT2D eigenvalue weighted by Crippen LogP contribution is -2.45. The Balaban J connectivity index is 0.000000209. The number of rotatable bonds is 5. The average Bonchev–Trinajstić information content (AvgIpc) is 2.75. The normalized spacial score (nSPS) is 10.5. The molecule has 0 bridgehead atoms. The van der Waals surface area contributed by atoms with Gasteiger partial charge in [0.1, 0.15) is 0 Å². The van der Waals surface area contributed by atoms with Gasteiger partial charge in [0.05, 0.1) is 5.54 Å². The molecule has 0 atom stereocenters. The highest BCUT2D eigenvalue weighted by Gasteiger charge is 2.27. The molecule has 0 fully saturated rings. The van der Waals surface area contributed by atoms with Crippen LogP contribution in [0.3, 0.4) is 0 Å². The van der Waals surface area contributed by atoms with E-state index in [4.69, 9.17) is 22.9 Å². The summed E-state index contributed by atoms with van der Waals surface area (Å²) in [5.41, 5.74) is 24.3. The van der Waals surface area contributed by atoms with Crippen LogP contribution in [0.4, 0.5) is 0 Å². The Hall–Kier alpha value is -3.48. The van der Waals surface area contributed by atoms with Gasteiger partial charge in [0.25, 0.3) is 0 Å². The molecule has 0 spiro atoms. The summed E-state index contributed by atoms with van der Waals surface area (Å²) in [5, 5.41) is 0. The first-order valence-electron chi connectivity index (χ1n) is 8.68. The summed E-state index contributed by atoms with van der Waals surface area (Å²) < 4.78 is 0. The summed E-state index contributed by atoms with van der Waals surface area (Å²) in [6, 6.07) is 25.9. The van der Waals surface area contributed by atoms with E-state index in [9.17, 15) is 9.59 Å². The third kappa shape index (κ3) is 5.03. The molecule has 2 amide bonds. The minimum absolute atomic E-state index is 0.284. The van der Waals surface area contributed by atoms with Crippen LogP contribution in [-0.4, -0.2) is 18.4 Å². The molecule has 0 aromatic heterocycles. The van der Waals surface area contributed by atoms with E-state index in [-0.39, 0.29) is 11.1 Å². The molecular formula is C22H24N4O2. The van der Waals surface area contributed by atoms with Gasteiger partial charge in [-0.3, -0.25) is 9.59 Å². The maximum atomic E-state index is 10.6. The van der Waals surface area contributed by atoms with Crippen molar-refractivity contribution in [2.24, 2.45) is 22.9 Å². The molecule has 0 aliphatic heterocycles. The van der Waals surface area contributed by atoms with Crippen molar-refractivity contribution in [3.63, 3.8) is 0 Å². The summed E-state index contributed by atoms with van der Waals surface area (Å²) in [6.07, 6.45) is 0. The van der Waals surface area contributed by atoms with E-state index in [0.29, 0.717) is 6.54 Å². The van der Waals surface area contributed by atoms with Crippen LogP contribution in [0.15, 0.2) is 84.9 Å². The number of benzene rings is 3. The zero-order valence-corrected chi connectivity index (χ0v) is 15.4. The molecule has 0 saturated carbocycles. The lowest BCUT2D eigenvalue weighted by atomic mass is 9.84. The van der Waals surface area contributed by atoms with Gasteiger partial charge in [0.15, 0.2) is 0 Å². The van der Waals surface area contributed by atoms with E-state index in [1.54, 1.807) is 6.07 Å². The number of carbonyl (C=O) groups is 2. The van der Waals surface area contributed by atoms with Gasteiger partial charge in [0.2, 0.25) is 11.8 Å². The second kappa shape index (κ2) is 9.45. The van der Waals surface area contributed by atoms with E-state index < -0.39 is 17.4 Å². The second-order valence-corrected chi connectivity index (χ2v) is 6.22. The zero-order valence-electron chi connectivity index (χ0n) is 15.4. The monoisotopic (exact) mass is 376 g/mol. The molecule has 3 aromatic carbocycles.